The van der Waals surface area contributed by atoms with Crippen molar-refractivity contribution in [1.82, 2.24) is 0 Å². The highest BCUT2D eigenvalue weighted by atomic mass is 35.5. The van der Waals surface area contributed by atoms with Crippen LogP contribution in [0.4, 0.5) is 0 Å². The normalized spacial score (nSPS) is 16.3. The van der Waals surface area contributed by atoms with Crippen molar-refractivity contribution in [3.63, 3.8) is 0 Å². The minimum absolute atomic E-state index is 0.203. The number of rotatable bonds is 4. The molecule has 0 bridgehead atoms. The Kier molecular flexibility index (Phi) is 4.85. The molecular weight excluding hydrogens is 174 g/mol. The molecule has 0 heterocycles. The van der Waals surface area contributed by atoms with E-state index in [0.29, 0.717) is 6.42 Å². The summed E-state index contributed by atoms with van der Waals surface area (Å²) < 4.78 is -0.203. The largest absolute Gasteiger partial charge is 0.480 e. The first-order valence-electron chi connectivity index (χ1n) is 2.73. The van der Waals surface area contributed by atoms with Gasteiger partial charge in [0.15, 0.2) is 0 Å². The van der Waals surface area contributed by atoms with Crippen LogP contribution >= 0.6 is 23.4 Å². The second-order valence-corrected chi connectivity index (χ2v) is 3.65. The lowest BCUT2D eigenvalue weighted by Crippen LogP contribution is -2.31. The van der Waals surface area contributed by atoms with Gasteiger partial charge in [0.1, 0.15) is 6.04 Å². The van der Waals surface area contributed by atoms with Crippen molar-refractivity contribution < 1.29 is 9.90 Å². The summed E-state index contributed by atoms with van der Waals surface area (Å²) in [6.45, 7) is 0. The topological polar surface area (TPSA) is 63.3 Å². The molecule has 0 fully saturated rings. The number of nitrogens with two attached hydrogens (primary N) is 1. The summed E-state index contributed by atoms with van der Waals surface area (Å²) in [5.74, 6) is -1.00. The SMILES string of the molecule is CSC(Cl)CC(N)C(=O)O. The van der Waals surface area contributed by atoms with Crippen LogP contribution in [0.3, 0.4) is 0 Å². The summed E-state index contributed by atoms with van der Waals surface area (Å²) in [4.78, 5) is 10.2. The Morgan fingerprint density at radius 3 is 2.70 bits per heavy atom. The molecule has 0 aromatic rings. The van der Waals surface area contributed by atoms with Crippen molar-refractivity contribution >= 4 is 29.3 Å². The first-order valence-corrected chi connectivity index (χ1v) is 4.45. The van der Waals surface area contributed by atoms with Gasteiger partial charge in [0.05, 0.1) is 4.71 Å². The van der Waals surface area contributed by atoms with Gasteiger partial charge in [0, 0.05) is 0 Å². The van der Waals surface area contributed by atoms with Gasteiger partial charge in [0.25, 0.3) is 0 Å². The van der Waals surface area contributed by atoms with Gasteiger partial charge in [-0.2, -0.15) is 0 Å². The quantitative estimate of drug-likeness (QED) is 0.631. The van der Waals surface area contributed by atoms with Gasteiger partial charge in [-0.3, -0.25) is 4.79 Å². The van der Waals surface area contributed by atoms with Crippen LogP contribution in [0.2, 0.25) is 0 Å². The van der Waals surface area contributed by atoms with Crippen molar-refractivity contribution in [3.05, 3.63) is 0 Å². The van der Waals surface area contributed by atoms with Crippen LogP contribution in [0.25, 0.3) is 0 Å². The Balaban J connectivity index is 3.56. The first kappa shape index (κ1) is 10.1. The lowest BCUT2D eigenvalue weighted by Gasteiger charge is -2.08. The van der Waals surface area contributed by atoms with Crippen LogP contribution in [-0.2, 0) is 4.79 Å². The summed E-state index contributed by atoms with van der Waals surface area (Å²) in [5, 5.41) is 8.33. The molecule has 2 atom stereocenters. The van der Waals surface area contributed by atoms with E-state index in [1.54, 1.807) is 0 Å². The van der Waals surface area contributed by atoms with Gasteiger partial charge in [-0.05, 0) is 12.7 Å². The van der Waals surface area contributed by atoms with E-state index < -0.39 is 12.0 Å². The molecule has 2 unspecified atom stereocenters. The highest BCUT2D eigenvalue weighted by Gasteiger charge is 2.15. The van der Waals surface area contributed by atoms with Crippen molar-refractivity contribution in [3.8, 4) is 0 Å². The van der Waals surface area contributed by atoms with E-state index in [9.17, 15) is 4.79 Å². The van der Waals surface area contributed by atoms with Gasteiger partial charge in [-0.25, -0.2) is 0 Å². The number of carboxylic acids is 1. The zero-order valence-corrected chi connectivity index (χ0v) is 7.15. The van der Waals surface area contributed by atoms with Gasteiger partial charge in [0.2, 0.25) is 0 Å². The van der Waals surface area contributed by atoms with E-state index in [4.69, 9.17) is 22.4 Å². The van der Waals surface area contributed by atoms with Crippen LogP contribution < -0.4 is 5.73 Å². The third-order valence-corrected chi connectivity index (χ3v) is 2.43. The molecule has 0 saturated heterocycles. The average molecular weight is 184 g/mol. The fourth-order valence-corrected chi connectivity index (χ4v) is 0.988. The van der Waals surface area contributed by atoms with E-state index in [2.05, 4.69) is 0 Å². The smallest absolute Gasteiger partial charge is 0.320 e. The number of aliphatic carboxylic acids is 1. The van der Waals surface area contributed by atoms with Gasteiger partial charge in [-0.1, -0.05) is 0 Å². The van der Waals surface area contributed by atoms with Crippen LogP contribution in [0, 0.1) is 0 Å². The maximum absolute atomic E-state index is 10.2. The molecule has 60 valence electrons. The molecule has 0 saturated carbocycles. The molecule has 0 radical (unpaired) electrons. The Morgan fingerprint density at radius 2 is 2.40 bits per heavy atom. The predicted molar refractivity (Wildman–Crippen MR) is 43.4 cm³/mol. The zero-order chi connectivity index (χ0) is 8.15. The second kappa shape index (κ2) is 4.82. The molecule has 5 heteroatoms. The molecule has 0 rings (SSSR count). The number of alkyl halides is 1. The predicted octanol–water partition coefficient (Wildman–Crippen LogP) is 0.716. The van der Waals surface area contributed by atoms with Gasteiger partial charge < -0.3 is 10.8 Å². The maximum Gasteiger partial charge on any atom is 0.320 e. The number of halogens is 1. The van der Waals surface area contributed by atoms with Gasteiger partial charge in [-0.15, -0.1) is 23.4 Å². The van der Waals surface area contributed by atoms with Crippen molar-refractivity contribution in [2.45, 2.75) is 17.2 Å². The van der Waals surface area contributed by atoms with E-state index in [1.807, 2.05) is 6.26 Å². The zero-order valence-electron chi connectivity index (χ0n) is 5.58. The highest BCUT2D eigenvalue weighted by molar-refractivity contribution is 8.00. The second-order valence-electron chi connectivity index (χ2n) is 1.83. The number of hydrogen-bond donors (Lipinski definition) is 2. The molecule has 0 spiro atoms. The highest BCUT2D eigenvalue weighted by Crippen LogP contribution is 2.16. The summed E-state index contributed by atoms with van der Waals surface area (Å²) in [6, 6.07) is -0.838. The van der Waals surface area contributed by atoms with Crippen molar-refractivity contribution in [1.29, 1.82) is 0 Å². The fraction of sp³-hybridized carbons (Fsp3) is 0.800. The van der Waals surface area contributed by atoms with Crippen LogP contribution in [0.1, 0.15) is 6.42 Å². The number of thioether (sulfide) groups is 1. The lowest BCUT2D eigenvalue weighted by molar-refractivity contribution is -0.138. The van der Waals surface area contributed by atoms with E-state index in [0.717, 1.165) is 0 Å². The number of hydrogen-bond acceptors (Lipinski definition) is 3. The number of carboxylic acid groups (broad SMARTS) is 1. The molecule has 0 aromatic heterocycles. The Labute approximate surface area is 68.9 Å². The standard InChI is InChI=1S/C5H10ClNO2S/c1-10-4(6)2-3(7)5(8)9/h3-4H,2,7H2,1H3,(H,8,9). The summed E-state index contributed by atoms with van der Waals surface area (Å²) in [7, 11) is 0. The molecule has 0 aliphatic carbocycles. The molecule has 3 N–H and O–H groups in total. The molecule has 0 aliphatic heterocycles. The third kappa shape index (κ3) is 3.98. The fourth-order valence-electron chi connectivity index (χ4n) is 0.397. The monoisotopic (exact) mass is 183 g/mol. The van der Waals surface area contributed by atoms with Crippen molar-refractivity contribution in [2.24, 2.45) is 5.73 Å². The van der Waals surface area contributed by atoms with E-state index in [-0.39, 0.29) is 4.71 Å². The third-order valence-electron chi connectivity index (χ3n) is 1.01. The summed E-state index contributed by atoms with van der Waals surface area (Å²) >= 11 is 7.02. The van der Waals surface area contributed by atoms with Crippen LogP contribution in [0.5, 0.6) is 0 Å². The molecule has 0 aliphatic rings. The Morgan fingerprint density at radius 1 is 1.90 bits per heavy atom. The number of carbonyl (C=O) groups is 1. The van der Waals surface area contributed by atoms with Crippen LogP contribution in [-0.4, -0.2) is 28.1 Å². The van der Waals surface area contributed by atoms with E-state index in [1.165, 1.54) is 11.8 Å². The Bertz CT molecular complexity index is 122. The summed E-state index contributed by atoms with van der Waals surface area (Å²) in [6.07, 6.45) is 2.12. The summed E-state index contributed by atoms with van der Waals surface area (Å²) in [5.41, 5.74) is 5.20. The average Bonchev–Trinajstić information content (AvgIpc) is 1.87. The molecule has 0 amide bonds. The molecule has 3 nitrogen and oxygen atoms in total. The molecular formula is C5H10ClNO2S. The molecule has 10 heavy (non-hydrogen) atoms. The van der Waals surface area contributed by atoms with Crippen LogP contribution in [0.15, 0.2) is 0 Å². The first-order chi connectivity index (χ1) is 4.57. The minimum atomic E-state index is -1.00. The van der Waals surface area contributed by atoms with E-state index >= 15 is 0 Å². The Hall–Kier alpha value is 0.0700. The minimum Gasteiger partial charge on any atom is -0.480 e. The molecule has 0 aromatic carbocycles. The lowest BCUT2D eigenvalue weighted by atomic mass is 10.2. The maximum atomic E-state index is 10.2. The van der Waals surface area contributed by atoms with Crippen molar-refractivity contribution in [2.75, 3.05) is 6.26 Å². The van der Waals surface area contributed by atoms with Gasteiger partial charge >= 0.3 is 5.97 Å².